The summed E-state index contributed by atoms with van der Waals surface area (Å²) in [6, 6.07) is 11.2. The maximum atomic E-state index is 12.1. The van der Waals surface area contributed by atoms with E-state index < -0.39 is 10.8 Å². The Kier molecular flexibility index (Phi) is 7.11. The number of carbonyl (C=O) groups excluding carboxylic acids is 2. The Morgan fingerprint density at radius 3 is 2.62 bits per heavy atom. The van der Waals surface area contributed by atoms with Crippen LogP contribution in [-0.4, -0.2) is 46.6 Å². The number of rotatable bonds is 9. The number of nitro benzene ring substituents is 1. The molecule has 3 aromatic rings. The smallest absolute Gasteiger partial charge is 0.316 e. The molecule has 0 spiro atoms. The van der Waals surface area contributed by atoms with E-state index in [1.165, 1.54) is 18.2 Å². The van der Waals surface area contributed by atoms with Crippen LogP contribution in [0.1, 0.15) is 21.8 Å². The highest BCUT2D eigenvalue weighted by atomic mass is 16.6. The summed E-state index contributed by atoms with van der Waals surface area (Å²) in [7, 11) is 0. The number of ether oxygens (including phenoxy) is 1. The minimum atomic E-state index is -0.630. The second-order valence-electron chi connectivity index (χ2n) is 6.87. The molecule has 0 saturated carbocycles. The summed E-state index contributed by atoms with van der Waals surface area (Å²) >= 11 is 0. The van der Waals surface area contributed by atoms with Gasteiger partial charge in [-0.3, -0.25) is 19.7 Å². The number of benzene rings is 2. The van der Waals surface area contributed by atoms with E-state index in [0.717, 1.165) is 11.1 Å². The molecule has 0 aliphatic carbocycles. The quantitative estimate of drug-likeness (QED) is 0.293. The van der Waals surface area contributed by atoms with Crippen molar-refractivity contribution in [2.75, 3.05) is 19.7 Å². The lowest BCUT2D eigenvalue weighted by molar-refractivity contribution is -0.384. The monoisotopic (exact) mass is 439 g/mol. The van der Waals surface area contributed by atoms with E-state index in [2.05, 4.69) is 20.8 Å². The van der Waals surface area contributed by atoms with E-state index in [-0.39, 0.29) is 43.0 Å². The molecule has 0 bridgehead atoms. The lowest BCUT2D eigenvalue weighted by Gasteiger charge is -2.09. The van der Waals surface area contributed by atoms with Gasteiger partial charge in [0.25, 0.3) is 11.6 Å². The molecule has 166 valence electrons. The number of carbonyl (C=O) groups is 2. The van der Waals surface area contributed by atoms with Crippen LogP contribution in [0.3, 0.4) is 0 Å². The predicted molar refractivity (Wildman–Crippen MR) is 113 cm³/mol. The minimum absolute atomic E-state index is 0.0515. The van der Waals surface area contributed by atoms with Gasteiger partial charge in [0, 0.05) is 30.8 Å². The largest absolute Gasteiger partial charge is 0.484 e. The number of nitrogens with one attached hydrogen (secondary N) is 2. The Labute approximate surface area is 182 Å². The van der Waals surface area contributed by atoms with Crippen LogP contribution >= 0.6 is 0 Å². The van der Waals surface area contributed by atoms with E-state index >= 15 is 0 Å². The molecule has 0 radical (unpaired) electrons. The second-order valence-corrected chi connectivity index (χ2v) is 6.87. The summed E-state index contributed by atoms with van der Waals surface area (Å²) in [5.74, 6) is -0.600. The van der Waals surface area contributed by atoms with Crippen LogP contribution in [0.4, 0.5) is 5.69 Å². The molecule has 2 N–H and O–H groups in total. The van der Waals surface area contributed by atoms with Gasteiger partial charge in [-0.25, -0.2) is 0 Å². The third-order valence-corrected chi connectivity index (χ3v) is 4.52. The number of hydrogen-bond donors (Lipinski definition) is 2. The van der Waals surface area contributed by atoms with Crippen molar-refractivity contribution in [2.45, 2.75) is 13.8 Å². The van der Waals surface area contributed by atoms with Gasteiger partial charge in [0.2, 0.25) is 5.82 Å². The summed E-state index contributed by atoms with van der Waals surface area (Å²) in [5.41, 5.74) is 2.42. The van der Waals surface area contributed by atoms with Crippen molar-refractivity contribution < 1.29 is 23.8 Å². The average molecular weight is 439 g/mol. The summed E-state index contributed by atoms with van der Waals surface area (Å²) < 4.78 is 10.4. The number of nitro groups is 1. The van der Waals surface area contributed by atoms with Crippen molar-refractivity contribution in [1.82, 2.24) is 20.8 Å². The maximum absolute atomic E-state index is 12.1. The predicted octanol–water partition coefficient (Wildman–Crippen LogP) is 2.19. The SMILES string of the molecule is Cc1ccc(OCC(=O)NCCNC(=O)c2nc(-c3cccc([N+](=O)[O-])c3)no2)cc1C. The summed E-state index contributed by atoms with van der Waals surface area (Å²) in [4.78, 5) is 38.3. The van der Waals surface area contributed by atoms with Crippen molar-refractivity contribution in [1.29, 1.82) is 0 Å². The van der Waals surface area contributed by atoms with Crippen LogP contribution in [0.25, 0.3) is 11.4 Å². The van der Waals surface area contributed by atoms with E-state index in [9.17, 15) is 19.7 Å². The molecular weight excluding hydrogens is 418 g/mol. The summed E-state index contributed by atoms with van der Waals surface area (Å²) in [6.07, 6.45) is 0. The molecule has 3 rings (SSSR count). The van der Waals surface area contributed by atoms with Gasteiger partial charge >= 0.3 is 11.8 Å². The van der Waals surface area contributed by atoms with Gasteiger partial charge < -0.3 is 19.9 Å². The number of hydrogen-bond acceptors (Lipinski definition) is 8. The Hall–Kier alpha value is -4.28. The fraction of sp³-hybridized carbons (Fsp3) is 0.238. The normalized spacial score (nSPS) is 10.4. The molecule has 0 aliphatic rings. The molecule has 32 heavy (non-hydrogen) atoms. The standard InChI is InChI=1S/C21H21N5O6/c1-13-6-7-17(10-14(13)2)31-12-18(27)22-8-9-23-20(28)21-24-19(25-32-21)15-4-3-5-16(11-15)26(29)30/h3-7,10-11H,8-9,12H2,1-2H3,(H,22,27)(H,23,28). The number of aromatic nitrogens is 2. The summed E-state index contributed by atoms with van der Waals surface area (Å²) in [6.45, 7) is 4.10. The first-order valence-electron chi connectivity index (χ1n) is 9.67. The van der Waals surface area contributed by atoms with Crippen LogP contribution in [-0.2, 0) is 4.79 Å². The summed E-state index contributed by atoms with van der Waals surface area (Å²) in [5, 5.41) is 19.7. The Bertz CT molecular complexity index is 1140. The van der Waals surface area contributed by atoms with Gasteiger partial charge in [0.05, 0.1) is 4.92 Å². The van der Waals surface area contributed by atoms with Gasteiger partial charge in [-0.2, -0.15) is 4.98 Å². The Morgan fingerprint density at radius 2 is 1.88 bits per heavy atom. The Balaban J connectivity index is 1.42. The Morgan fingerprint density at radius 1 is 1.09 bits per heavy atom. The van der Waals surface area contributed by atoms with Gasteiger partial charge in [0.15, 0.2) is 6.61 Å². The molecule has 2 aromatic carbocycles. The maximum Gasteiger partial charge on any atom is 0.316 e. The highest BCUT2D eigenvalue weighted by Crippen LogP contribution is 2.21. The number of amides is 2. The van der Waals surface area contributed by atoms with Gasteiger partial charge in [-0.1, -0.05) is 23.4 Å². The molecule has 1 heterocycles. The van der Waals surface area contributed by atoms with Crippen molar-refractivity contribution in [3.63, 3.8) is 0 Å². The highest BCUT2D eigenvalue weighted by Gasteiger charge is 2.17. The molecule has 2 amide bonds. The zero-order valence-corrected chi connectivity index (χ0v) is 17.5. The molecule has 11 heteroatoms. The molecule has 0 unspecified atom stereocenters. The van der Waals surface area contributed by atoms with E-state index in [1.807, 2.05) is 26.0 Å². The zero-order valence-electron chi connectivity index (χ0n) is 17.5. The fourth-order valence-electron chi connectivity index (χ4n) is 2.65. The average Bonchev–Trinajstić information content (AvgIpc) is 3.28. The minimum Gasteiger partial charge on any atom is -0.484 e. The number of non-ortho nitro benzene ring substituents is 1. The molecule has 11 nitrogen and oxygen atoms in total. The fourth-order valence-corrected chi connectivity index (χ4v) is 2.65. The van der Waals surface area contributed by atoms with Crippen LogP contribution < -0.4 is 15.4 Å². The first-order valence-corrected chi connectivity index (χ1v) is 9.67. The van der Waals surface area contributed by atoms with Crippen molar-refractivity contribution in [2.24, 2.45) is 0 Å². The first kappa shape index (κ1) is 22.4. The van der Waals surface area contributed by atoms with Gasteiger partial charge in [-0.05, 0) is 37.1 Å². The molecule has 1 aromatic heterocycles. The lowest BCUT2D eigenvalue weighted by Crippen LogP contribution is -2.36. The lowest BCUT2D eigenvalue weighted by atomic mass is 10.1. The van der Waals surface area contributed by atoms with E-state index in [1.54, 1.807) is 12.1 Å². The van der Waals surface area contributed by atoms with Crippen molar-refractivity contribution in [3.05, 3.63) is 69.6 Å². The first-order chi connectivity index (χ1) is 15.3. The van der Waals surface area contributed by atoms with E-state index in [0.29, 0.717) is 11.3 Å². The third-order valence-electron chi connectivity index (χ3n) is 4.52. The molecule has 0 fully saturated rings. The van der Waals surface area contributed by atoms with Gasteiger partial charge in [-0.15, -0.1) is 0 Å². The van der Waals surface area contributed by atoms with Gasteiger partial charge in [0.1, 0.15) is 5.75 Å². The van der Waals surface area contributed by atoms with Crippen LogP contribution in [0.15, 0.2) is 47.0 Å². The highest BCUT2D eigenvalue weighted by molar-refractivity contribution is 5.90. The van der Waals surface area contributed by atoms with Crippen LogP contribution in [0.2, 0.25) is 0 Å². The molecule has 0 saturated heterocycles. The third kappa shape index (κ3) is 5.88. The van der Waals surface area contributed by atoms with E-state index in [4.69, 9.17) is 9.26 Å². The van der Waals surface area contributed by atoms with Crippen molar-refractivity contribution in [3.8, 4) is 17.1 Å². The number of nitrogens with zero attached hydrogens (tertiary/aromatic N) is 3. The zero-order chi connectivity index (χ0) is 23.1. The second kappa shape index (κ2) is 10.2. The van der Waals surface area contributed by atoms with Crippen LogP contribution in [0.5, 0.6) is 5.75 Å². The molecular formula is C21H21N5O6. The van der Waals surface area contributed by atoms with Crippen LogP contribution in [0, 0.1) is 24.0 Å². The number of aryl methyl sites for hydroxylation is 2. The molecule has 0 aliphatic heterocycles. The topological polar surface area (TPSA) is 149 Å². The van der Waals surface area contributed by atoms with Crippen molar-refractivity contribution >= 4 is 17.5 Å². The molecule has 0 atom stereocenters.